The molecule has 0 atom stereocenters. The summed E-state index contributed by atoms with van der Waals surface area (Å²) in [6.07, 6.45) is 0. The number of rotatable bonds is 5. The van der Waals surface area contributed by atoms with Gasteiger partial charge in [-0.1, -0.05) is 28.1 Å². The summed E-state index contributed by atoms with van der Waals surface area (Å²) in [4.78, 5) is 24.4. The van der Waals surface area contributed by atoms with Crippen LogP contribution in [0, 0.1) is 0 Å². The number of hydrogen-bond acceptors (Lipinski definition) is 4. The molecule has 1 rings (SSSR count). The van der Waals surface area contributed by atoms with Crippen molar-refractivity contribution in [1.29, 1.82) is 0 Å². The first kappa shape index (κ1) is 15.8. The van der Waals surface area contributed by atoms with Gasteiger partial charge in [-0.15, -0.1) is 0 Å². The van der Waals surface area contributed by atoms with Crippen molar-refractivity contribution in [3.05, 3.63) is 34.3 Å². The number of nitrogens with zero attached hydrogens (tertiary/aromatic N) is 1. The maximum absolute atomic E-state index is 11.8. The molecule has 1 amide bonds. The molecular weight excluding hydrogens is 334 g/mol. The van der Waals surface area contributed by atoms with Crippen LogP contribution < -0.4 is 0 Å². The van der Waals surface area contributed by atoms with E-state index in [1.807, 2.05) is 0 Å². The molecule has 0 aliphatic rings. The monoisotopic (exact) mass is 347 g/mol. The Morgan fingerprint density at radius 3 is 2.37 bits per heavy atom. The molecule has 0 unspecified atom stereocenters. The largest absolute Gasteiger partial charge is 0.348 e. The van der Waals surface area contributed by atoms with E-state index in [1.54, 1.807) is 18.2 Å². The SMILES string of the molecule is CN(C)C(=O)CS(=O)(=O)CC(=O)c1cccc(Br)c1. The van der Waals surface area contributed by atoms with Gasteiger partial charge < -0.3 is 4.90 Å². The molecule has 0 bridgehead atoms. The van der Waals surface area contributed by atoms with Crippen LogP contribution in [-0.2, 0) is 14.6 Å². The highest BCUT2D eigenvalue weighted by molar-refractivity contribution is 9.10. The summed E-state index contributed by atoms with van der Waals surface area (Å²) in [5, 5.41) is 0. The van der Waals surface area contributed by atoms with Crippen LogP contribution in [0.25, 0.3) is 0 Å². The Labute approximate surface area is 120 Å². The van der Waals surface area contributed by atoms with E-state index >= 15 is 0 Å². The Balaban J connectivity index is 2.79. The smallest absolute Gasteiger partial charge is 0.237 e. The van der Waals surface area contributed by atoms with Gasteiger partial charge in [0.15, 0.2) is 15.6 Å². The number of carbonyl (C=O) groups is 2. The minimum Gasteiger partial charge on any atom is -0.348 e. The first-order valence-corrected chi connectivity index (χ1v) is 8.02. The van der Waals surface area contributed by atoms with Crippen LogP contribution in [0.3, 0.4) is 0 Å². The minimum absolute atomic E-state index is 0.301. The Bertz CT molecular complexity index is 596. The molecule has 5 nitrogen and oxygen atoms in total. The summed E-state index contributed by atoms with van der Waals surface area (Å²) in [5.74, 6) is -2.38. The Hall–Kier alpha value is -1.21. The molecule has 1 aromatic carbocycles. The summed E-state index contributed by atoms with van der Waals surface area (Å²) >= 11 is 3.21. The zero-order chi connectivity index (χ0) is 14.6. The summed E-state index contributed by atoms with van der Waals surface area (Å²) in [6.45, 7) is 0. The van der Waals surface area contributed by atoms with Gasteiger partial charge in [0.1, 0.15) is 11.5 Å². The summed E-state index contributed by atoms with van der Waals surface area (Å²) in [5.41, 5.74) is 0.301. The number of ketones is 1. The molecule has 0 N–H and O–H groups in total. The number of amides is 1. The lowest BCUT2D eigenvalue weighted by Gasteiger charge is -2.10. The number of benzene rings is 1. The highest BCUT2D eigenvalue weighted by Crippen LogP contribution is 2.13. The van der Waals surface area contributed by atoms with E-state index in [0.717, 1.165) is 0 Å². The second-order valence-corrected chi connectivity index (χ2v) is 7.23. The fourth-order valence-corrected chi connectivity index (χ4v) is 3.02. The molecule has 0 saturated heterocycles. The lowest BCUT2D eigenvalue weighted by Crippen LogP contribution is -2.32. The lowest BCUT2D eigenvalue weighted by molar-refractivity contribution is -0.125. The van der Waals surface area contributed by atoms with Crippen LogP contribution in [0.1, 0.15) is 10.4 Å². The molecule has 0 radical (unpaired) electrons. The summed E-state index contributed by atoms with van der Waals surface area (Å²) in [6, 6.07) is 6.47. The first-order chi connectivity index (χ1) is 8.71. The molecule has 104 valence electrons. The minimum atomic E-state index is -3.74. The van der Waals surface area contributed by atoms with E-state index in [-0.39, 0.29) is 0 Å². The van der Waals surface area contributed by atoms with Crippen molar-refractivity contribution in [2.45, 2.75) is 0 Å². The molecule has 0 fully saturated rings. The standard InChI is InChI=1S/C12H14BrNO4S/c1-14(2)12(16)8-19(17,18)7-11(15)9-4-3-5-10(13)6-9/h3-6H,7-8H2,1-2H3. The normalized spacial score (nSPS) is 11.1. The molecule has 0 spiro atoms. The van der Waals surface area contributed by atoms with Gasteiger partial charge in [-0.2, -0.15) is 0 Å². The fraction of sp³-hybridized carbons (Fsp3) is 0.333. The van der Waals surface area contributed by atoms with Crippen LogP contribution in [0.5, 0.6) is 0 Å². The number of hydrogen-bond donors (Lipinski definition) is 0. The Kier molecular flexibility index (Phi) is 5.25. The molecule has 1 aromatic rings. The van der Waals surface area contributed by atoms with Crippen molar-refractivity contribution in [2.24, 2.45) is 0 Å². The number of Topliss-reactive ketones (excluding diaryl/α,β-unsaturated/α-hetero) is 1. The number of sulfone groups is 1. The van der Waals surface area contributed by atoms with Gasteiger partial charge in [0, 0.05) is 24.1 Å². The quantitative estimate of drug-likeness (QED) is 0.748. The van der Waals surface area contributed by atoms with Crippen LogP contribution >= 0.6 is 15.9 Å². The van der Waals surface area contributed by atoms with Gasteiger partial charge in [0.2, 0.25) is 5.91 Å². The zero-order valence-electron chi connectivity index (χ0n) is 10.6. The molecule has 0 aliphatic heterocycles. The van der Waals surface area contributed by atoms with E-state index in [9.17, 15) is 18.0 Å². The summed E-state index contributed by atoms with van der Waals surface area (Å²) in [7, 11) is -0.810. The molecular formula is C12H14BrNO4S. The molecule has 19 heavy (non-hydrogen) atoms. The van der Waals surface area contributed by atoms with Gasteiger partial charge in [0.05, 0.1) is 0 Å². The van der Waals surface area contributed by atoms with Gasteiger partial charge in [0.25, 0.3) is 0 Å². The van der Waals surface area contributed by atoms with Crippen molar-refractivity contribution < 1.29 is 18.0 Å². The fourth-order valence-electron chi connectivity index (χ4n) is 1.31. The summed E-state index contributed by atoms with van der Waals surface area (Å²) < 4.78 is 24.2. The highest BCUT2D eigenvalue weighted by Gasteiger charge is 2.22. The van der Waals surface area contributed by atoms with Crippen molar-refractivity contribution >= 4 is 37.5 Å². The zero-order valence-corrected chi connectivity index (χ0v) is 13.0. The van der Waals surface area contributed by atoms with Crippen LogP contribution in [0.15, 0.2) is 28.7 Å². The van der Waals surface area contributed by atoms with E-state index in [1.165, 1.54) is 25.1 Å². The molecule has 0 aliphatic carbocycles. The third-order valence-electron chi connectivity index (χ3n) is 2.34. The van der Waals surface area contributed by atoms with Gasteiger partial charge >= 0.3 is 0 Å². The van der Waals surface area contributed by atoms with Crippen molar-refractivity contribution in [3.8, 4) is 0 Å². The van der Waals surface area contributed by atoms with Gasteiger partial charge in [-0.3, -0.25) is 9.59 Å². The number of carbonyl (C=O) groups excluding carboxylic acids is 2. The first-order valence-electron chi connectivity index (χ1n) is 5.40. The topological polar surface area (TPSA) is 71.5 Å². The molecule has 7 heteroatoms. The van der Waals surface area contributed by atoms with E-state index in [0.29, 0.717) is 10.0 Å². The van der Waals surface area contributed by atoms with Crippen molar-refractivity contribution in [3.63, 3.8) is 0 Å². The van der Waals surface area contributed by atoms with E-state index in [2.05, 4.69) is 15.9 Å². The predicted molar refractivity (Wildman–Crippen MR) is 75.8 cm³/mol. The van der Waals surface area contributed by atoms with Crippen LogP contribution in [0.2, 0.25) is 0 Å². The highest BCUT2D eigenvalue weighted by atomic mass is 79.9. The maximum Gasteiger partial charge on any atom is 0.237 e. The van der Waals surface area contributed by atoms with Crippen LogP contribution in [-0.4, -0.2) is 50.6 Å². The average molecular weight is 348 g/mol. The third kappa shape index (κ3) is 5.12. The van der Waals surface area contributed by atoms with Crippen LogP contribution in [0.4, 0.5) is 0 Å². The van der Waals surface area contributed by atoms with E-state index in [4.69, 9.17) is 0 Å². The molecule has 0 aromatic heterocycles. The van der Waals surface area contributed by atoms with E-state index < -0.39 is 33.0 Å². The lowest BCUT2D eigenvalue weighted by atomic mass is 10.2. The van der Waals surface area contributed by atoms with Gasteiger partial charge in [-0.05, 0) is 12.1 Å². The molecule has 0 saturated carbocycles. The van der Waals surface area contributed by atoms with Gasteiger partial charge in [-0.25, -0.2) is 8.42 Å². The Morgan fingerprint density at radius 2 is 1.84 bits per heavy atom. The predicted octanol–water partition coefficient (Wildman–Crippen LogP) is 1.13. The second kappa shape index (κ2) is 6.29. The Morgan fingerprint density at radius 1 is 1.21 bits per heavy atom. The second-order valence-electron chi connectivity index (χ2n) is 4.25. The maximum atomic E-state index is 11.8. The third-order valence-corrected chi connectivity index (χ3v) is 4.22. The average Bonchev–Trinajstić information content (AvgIpc) is 2.27. The van der Waals surface area contributed by atoms with Crippen molar-refractivity contribution in [2.75, 3.05) is 25.6 Å². The van der Waals surface area contributed by atoms with Crippen molar-refractivity contribution in [1.82, 2.24) is 4.90 Å². The molecule has 0 heterocycles. The number of halogens is 1.